The van der Waals surface area contributed by atoms with Gasteiger partial charge in [-0.25, -0.2) is 0 Å². The van der Waals surface area contributed by atoms with Crippen molar-refractivity contribution in [2.75, 3.05) is 0 Å². The molecule has 6 heavy (non-hydrogen) atoms. The van der Waals surface area contributed by atoms with E-state index in [1.54, 1.807) is 0 Å². The van der Waals surface area contributed by atoms with E-state index in [9.17, 15) is 0 Å². The van der Waals surface area contributed by atoms with Gasteiger partial charge in [0.25, 0.3) is 0 Å². The van der Waals surface area contributed by atoms with Gasteiger partial charge in [-0.05, 0) is 0 Å². The molecule has 0 rings (SSSR count). The molecule has 0 heterocycles. The van der Waals surface area contributed by atoms with E-state index >= 15 is 0 Å². The van der Waals surface area contributed by atoms with Crippen molar-refractivity contribution >= 4 is 6.29 Å². The van der Waals surface area contributed by atoms with Crippen molar-refractivity contribution in [3.8, 4) is 0 Å². The molecular weight excluding hydrogens is 156 g/mol. The van der Waals surface area contributed by atoms with Gasteiger partial charge in [0, 0.05) is 0 Å². The molecule has 0 saturated carbocycles. The molecule has 0 N–H and O–H groups in total. The average Bonchev–Trinajstić information content (AvgIpc) is 1.46. The molecule has 3 heteroatoms. The summed E-state index contributed by atoms with van der Waals surface area (Å²) in [6, 6.07) is 0. The monoisotopic (exact) mass is 162 g/mol. The Labute approximate surface area is 53.4 Å². The van der Waals surface area contributed by atoms with Crippen LogP contribution < -0.4 is 0 Å². The second-order valence-corrected chi connectivity index (χ2v) is 0.204. The molecule has 38 valence electrons. The Hall–Kier alpha value is 0.735. The second kappa shape index (κ2) is 42.7. The molecule has 0 fully saturated rings. The van der Waals surface area contributed by atoms with Gasteiger partial charge >= 0.3 is 27.7 Å². The first-order chi connectivity index (χ1) is 2.41. The average molecular weight is 162 g/mol. The van der Waals surface area contributed by atoms with E-state index in [0.29, 0.717) is 0 Å². The Morgan fingerprint density at radius 3 is 1.50 bits per heavy atom. The van der Waals surface area contributed by atoms with Crippen molar-refractivity contribution in [2.24, 2.45) is 0 Å². The predicted octanol–water partition coefficient (Wildman–Crippen LogP) is 0.561. The molecule has 0 spiro atoms. The summed E-state index contributed by atoms with van der Waals surface area (Å²) in [5.41, 5.74) is 0. The van der Waals surface area contributed by atoms with Crippen LogP contribution in [0.1, 0.15) is 6.92 Å². The molecule has 0 aliphatic heterocycles. The van der Waals surface area contributed by atoms with Crippen molar-refractivity contribution in [1.29, 1.82) is 0 Å². The quantitative estimate of drug-likeness (QED) is 0.475. The summed E-state index contributed by atoms with van der Waals surface area (Å²) in [6.45, 7) is 1.32. The van der Waals surface area contributed by atoms with Gasteiger partial charge < -0.3 is 12.2 Å². The minimum absolute atomic E-state index is 0. The van der Waals surface area contributed by atoms with Gasteiger partial charge in [-0.1, -0.05) is 0 Å². The third-order valence-corrected chi connectivity index (χ3v) is 0. The van der Waals surface area contributed by atoms with Crippen LogP contribution in [0.15, 0.2) is 0 Å². The van der Waals surface area contributed by atoms with Crippen LogP contribution in [0.5, 0.6) is 0 Å². The van der Waals surface area contributed by atoms with E-state index in [1.807, 2.05) is 0 Å². The van der Waals surface area contributed by atoms with Crippen LogP contribution in [0.4, 0.5) is 0 Å². The predicted molar refractivity (Wildman–Crippen MR) is 17.8 cm³/mol. The van der Waals surface area contributed by atoms with Gasteiger partial charge in [-0.2, -0.15) is 6.92 Å². The normalized spacial score (nSPS) is 2.83. The van der Waals surface area contributed by atoms with Gasteiger partial charge in [-0.15, -0.1) is 0 Å². The van der Waals surface area contributed by atoms with Crippen molar-refractivity contribution in [3.63, 3.8) is 0 Å². The van der Waals surface area contributed by atoms with E-state index < -0.39 is 0 Å². The molecule has 1 nitrogen and oxygen atoms in total. The van der Waals surface area contributed by atoms with Crippen molar-refractivity contribution < 1.29 is 32.5 Å². The summed E-state index contributed by atoms with van der Waals surface area (Å²) in [5.74, 6) is 0. The maximum absolute atomic E-state index is 8.68. The fraction of sp³-hybridized carbons (Fsp3) is 0.333. The van der Waals surface area contributed by atoms with E-state index in [2.05, 4.69) is 27.7 Å². The third-order valence-electron chi connectivity index (χ3n) is 0. The zero-order valence-electron chi connectivity index (χ0n) is 3.72. The topological polar surface area (TPSA) is 17.1 Å². The molecule has 0 aromatic rings. The summed E-state index contributed by atoms with van der Waals surface area (Å²) in [6.07, 6.45) is 1.50. The first-order valence-corrected chi connectivity index (χ1v) is 3.54. The second-order valence-electron chi connectivity index (χ2n) is 0.204. The number of hydrogen-bond acceptors (Lipinski definition) is 1. The molecule has 0 aromatic heterocycles. The number of rotatable bonds is 0. The zero-order valence-corrected chi connectivity index (χ0v) is 6.27. The van der Waals surface area contributed by atoms with Crippen molar-refractivity contribution in [1.82, 2.24) is 0 Å². The molecule has 0 unspecified atom stereocenters. The van der Waals surface area contributed by atoms with E-state index in [4.69, 9.17) is 4.79 Å². The third kappa shape index (κ3) is 122. The maximum atomic E-state index is 8.68. The van der Waals surface area contributed by atoms with Gasteiger partial charge in [0.2, 0.25) is 0 Å². The summed E-state index contributed by atoms with van der Waals surface area (Å²) >= 11 is 5.00. The Balaban J connectivity index is -0.0000000275. The molecule has 0 bridgehead atoms. The molecule has 0 aliphatic carbocycles. The van der Waals surface area contributed by atoms with Crippen LogP contribution in [0.2, 0.25) is 0 Å². The van der Waals surface area contributed by atoms with Crippen LogP contribution in [0, 0.1) is 7.43 Å². The fourth-order valence-electron chi connectivity index (χ4n) is 0. The standard InChI is InChI=1S/C2H3O.CH3.2Cr/c1-2-3;;;/h1H3;1H3;;/q2*-1;;. The van der Waals surface area contributed by atoms with Crippen LogP contribution in [-0.2, 0) is 32.5 Å². The Morgan fingerprint density at radius 1 is 1.50 bits per heavy atom. The molecule has 0 atom stereocenters. The van der Waals surface area contributed by atoms with Crippen LogP contribution >= 0.6 is 0 Å². The minimum atomic E-state index is 0. The van der Waals surface area contributed by atoms with Crippen LogP contribution in [0.25, 0.3) is 0 Å². The van der Waals surface area contributed by atoms with E-state index in [0.717, 1.165) is 0 Å². The molecule has 0 aromatic carbocycles. The Morgan fingerprint density at radius 2 is 1.50 bits per heavy atom. The first-order valence-electron chi connectivity index (χ1n) is 0.871. The fourth-order valence-corrected chi connectivity index (χ4v) is 0. The number of hydrogen-bond donors (Lipinski definition) is 0. The summed E-state index contributed by atoms with van der Waals surface area (Å²) in [4.78, 5) is 8.68. The zero-order chi connectivity index (χ0) is 4.71. The van der Waals surface area contributed by atoms with Crippen LogP contribution in [0.3, 0.4) is 0 Å². The molecule has 0 amide bonds. The number of carbonyl (C=O) groups excluding carboxylic acids is 1. The van der Waals surface area contributed by atoms with Gasteiger partial charge in [0.1, 0.15) is 0 Å². The molecule has 0 radical (unpaired) electrons. The van der Waals surface area contributed by atoms with Gasteiger partial charge in [-0.3, -0.25) is 6.29 Å². The molecule has 0 aliphatic rings. The summed E-state index contributed by atoms with van der Waals surface area (Å²) in [5, 5.41) is 0. The van der Waals surface area contributed by atoms with Gasteiger partial charge in [0.05, 0.1) is 0 Å². The van der Waals surface area contributed by atoms with Crippen LogP contribution in [-0.4, -0.2) is 6.29 Å². The van der Waals surface area contributed by atoms with E-state index in [-0.39, 0.29) is 7.43 Å². The summed E-state index contributed by atoms with van der Waals surface area (Å²) in [7, 11) is 0. The van der Waals surface area contributed by atoms with Crippen molar-refractivity contribution in [2.45, 2.75) is 6.92 Å². The Kier molecular flexibility index (Phi) is 113. The molecular formula is C3H6Cr2O-2. The first kappa shape index (κ1) is 15.9. The summed E-state index contributed by atoms with van der Waals surface area (Å²) < 4.78 is 0. The van der Waals surface area contributed by atoms with Crippen molar-refractivity contribution in [3.05, 3.63) is 7.43 Å². The van der Waals surface area contributed by atoms with Gasteiger partial charge in [0.15, 0.2) is 0 Å². The SMILES string of the molecule is C[C-]=O.[CH3-].[Cr]=[Cr]. The Bertz CT molecular complexity index is 22.8. The molecule has 0 saturated heterocycles. The van der Waals surface area contributed by atoms with E-state index in [1.165, 1.54) is 13.2 Å².